The van der Waals surface area contributed by atoms with E-state index in [1.807, 2.05) is 4.90 Å². The van der Waals surface area contributed by atoms with Crippen LogP contribution in [0.1, 0.15) is 19.8 Å². The zero-order valence-electron chi connectivity index (χ0n) is 16.5. The van der Waals surface area contributed by atoms with Crippen LogP contribution in [0.4, 0.5) is 20.6 Å². The van der Waals surface area contributed by atoms with Crippen molar-refractivity contribution in [2.75, 3.05) is 36.0 Å². The van der Waals surface area contributed by atoms with Crippen molar-refractivity contribution in [1.82, 2.24) is 20.2 Å². The molecule has 10 nitrogen and oxygen atoms in total. The van der Waals surface area contributed by atoms with Gasteiger partial charge in [0, 0.05) is 38.6 Å². The summed E-state index contributed by atoms with van der Waals surface area (Å²) in [7, 11) is 0. The molecule has 3 heterocycles. The summed E-state index contributed by atoms with van der Waals surface area (Å²) < 4.78 is 21.6. The van der Waals surface area contributed by atoms with Crippen molar-refractivity contribution in [2.45, 2.75) is 25.9 Å². The first-order valence-corrected chi connectivity index (χ1v) is 9.68. The Morgan fingerprint density at radius 2 is 2.03 bits per heavy atom. The zero-order chi connectivity index (χ0) is 21.1. The molecule has 2 aliphatic rings. The van der Waals surface area contributed by atoms with Crippen LogP contribution >= 0.6 is 0 Å². The number of halogens is 1. The van der Waals surface area contributed by atoms with Gasteiger partial charge in [0.05, 0.1) is 24.5 Å². The number of nitrogens with zero attached hydrogens (tertiary/aromatic N) is 6. The normalized spacial score (nSPS) is 19.1. The van der Waals surface area contributed by atoms with Crippen LogP contribution in [0.5, 0.6) is 0 Å². The van der Waals surface area contributed by atoms with Gasteiger partial charge < -0.3 is 15.0 Å². The van der Waals surface area contributed by atoms with Gasteiger partial charge in [-0.1, -0.05) is 0 Å². The number of nitrogens with one attached hydrogen (secondary N) is 1. The summed E-state index contributed by atoms with van der Waals surface area (Å²) in [4.78, 5) is 26.5. The van der Waals surface area contributed by atoms with Crippen molar-refractivity contribution < 1.29 is 18.7 Å². The van der Waals surface area contributed by atoms with E-state index >= 15 is 0 Å². The Kier molecular flexibility index (Phi) is 5.59. The number of benzene rings is 1. The van der Waals surface area contributed by atoms with E-state index in [-0.39, 0.29) is 19.0 Å². The highest BCUT2D eigenvalue weighted by atomic mass is 19.1. The molecule has 4 rings (SSSR count). The second kappa shape index (κ2) is 8.47. The van der Waals surface area contributed by atoms with E-state index in [0.29, 0.717) is 37.3 Å². The fourth-order valence-corrected chi connectivity index (χ4v) is 3.53. The average molecular weight is 415 g/mol. The number of carbonyl (C=O) groups excluding carboxylic acids is 2. The maximum absolute atomic E-state index is 14.8. The quantitative estimate of drug-likeness (QED) is 0.791. The monoisotopic (exact) mass is 415 g/mol. The first kappa shape index (κ1) is 19.8. The number of cyclic esters (lactones) is 1. The second-order valence-electron chi connectivity index (χ2n) is 7.18. The van der Waals surface area contributed by atoms with Crippen molar-refractivity contribution in [3.05, 3.63) is 36.7 Å². The highest BCUT2D eigenvalue weighted by Crippen LogP contribution is 2.29. The lowest BCUT2D eigenvalue weighted by molar-refractivity contribution is -0.119. The molecule has 0 radical (unpaired) electrons. The van der Waals surface area contributed by atoms with Gasteiger partial charge in [0.25, 0.3) is 0 Å². The smallest absolute Gasteiger partial charge is 0.414 e. The van der Waals surface area contributed by atoms with Gasteiger partial charge in [-0.05, 0) is 18.2 Å². The van der Waals surface area contributed by atoms with E-state index in [2.05, 4.69) is 20.6 Å². The largest absolute Gasteiger partial charge is 0.442 e. The minimum Gasteiger partial charge on any atom is -0.442 e. The number of ether oxygens (including phenoxy) is 1. The molecule has 0 spiro atoms. The molecule has 1 N–H and O–H groups in total. The Morgan fingerprint density at radius 1 is 1.30 bits per heavy atom. The van der Waals surface area contributed by atoms with Gasteiger partial charge in [0.1, 0.15) is 24.6 Å². The summed E-state index contributed by atoms with van der Waals surface area (Å²) >= 11 is 0. The minimum absolute atomic E-state index is 0.198. The summed E-state index contributed by atoms with van der Waals surface area (Å²) in [6.07, 6.45) is 3.47. The van der Waals surface area contributed by atoms with E-state index in [4.69, 9.17) is 4.74 Å². The van der Waals surface area contributed by atoms with Gasteiger partial charge in [-0.15, -0.1) is 10.2 Å². The molecule has 2 saturated heterocycles. The molecular weight excluding hydrogens is 393 g/mol. The molecule has 2 fully saturated rings. The molecule has 2 aromatic rings. The third-order valence-corrected chi connectivity index (χ3v) is 5.04. The van der Waals surface area contributed by atoms with Crippen LogP contribution < -0.4 is 15.1 Å². The molecule has 2 aliphatic heterocycles. The summed E-state index contributed by atoms with van der Waals surface area (Å²) in [5.74, 6) is -0.596. The van der Waals surface area contributed by atoms with Gasteiger partial charge in [-0.3, -0.25) is 9.69 Å². The van der Waals surface area contributed by atoms with Crippen LogP contribution in [0.2, 0.25) is 0 Å². The van der Waals surface area contributed by atoms with Crippen molar-refractivity contribution in [1.29, 1.82) is 0 Å². The molecule has 0 aliphatic carbocycles. The van der Waals surface area contributed by atoms with Crippen LogP contribution in [0, 0.1) is 5.82 Å². The molecule has 0 saturated carbocycles. The Bertz CT molecular complexity index is 953. The average Bonchev–Trinajstić information content (AvgIpc) is 3.36. The lowest BCUT2D eigenvalue weighted by Gasteiger charge is -2.30. The van der Waals surface area contributed by atoms with Crippen molar-refractivity contribution >= 4 is 29.1 Å². The predicted molar refractivity (Wildman–Crippen MR) is 107 cm³/mol. The van der Waals surface area contributed by atoms with Gasteiger partial charge >= 0.3 is 6.09 Å². The SMILES string of the molecule is CC(=O)NCC1CN(c2ccc(N3CCC(=Nn4cnnc4)CC3)c(F)c2)C(=O)O1. The first-order valence-electron chi connectivity index (χ1n) is 9.68. The molecular formula is C19H22FN7O3. The second-order valence-corrected chi connectivity index (χ2v) is 7.18. The highest BCUT2D eigenvalue weighted by molar-refractivity contribution is 5.90. The van der Waals surface area contributed by atoms with E-state index in [1.165, 1.54) is 30.5 Å². The predicted octanol–water partition coefficient (Wildman–Crippen LogP) is 1.38. The summed E-state index contributed by atoms with van der Waals surface area (Å²) in [5, 5.41) is 14.5. The fraction of sp³-hybridized carbons (Fsp3) is 0.421. The van der Waals surface area contributed by atoms with Crippen LogP contribution in [0.3, 0.4) is 0 Å². The number of rotatable bonds is 5. The molecule has 11 heteroatoms. The number of anilines is 2. The fourth-order valence-electron chi connectivity index (χ4n) is 3.53. The standard InChI is InChI=1S/C19H22FN7O3/c1-13(28)21-9-16-10-27(19(29)30-16)15-2-3-18(17(20)8-15)25-6-4-14(5-7-25)24-26-11-22-23-12-26/h2-3,8,11-12,16H,4-7,9-10H2,1H3,(H,21,28). The molecule has 1 unspecified atom stereocenters. The first-order chi connectivity index (χ1) is 14.5. The van der Waals surface area contributed by atoms with Crippen LogP contribution in [0.15, 0.2) is 36.0 Å². The highest BCUT2D eigenvalue weighted by Gasteiger charge is 2.33. The molecule has 1 aromatic carbocycles. The minimum atomic E-state index is -0.551. The summed E-state index contributed by atoms with van der Waals surface area (Å²) in [6, 6.07) is 4.74. The van der Waals surface area contributed by atoms with Crippen LogP contribution in [0.25, 0.3) is 0 Å². The van der Waals surface area contributed by atoms with Gasteiger partial charge in [0.15, 0.2) is 0 Å². The number of aromatic nitrogens is 3. The lowest BCUT2D eigenvalue weighted by atomic mass is 10.1. The molecule has 158 valence electrons. The van der Waals surface area contributed by atoms with Crippen molar-refractivity contribution in [3.8, 4) is 0 Å². The Morgan fingerprint density at radius 3 is 2.70 bits per heavy atom. The Balaban J connectivity index is 1.39. The maximum atomic E-state index is 14.8. The number of piperidine rings is 1. The molecule has 2 amide bonds. The Labute approximate surface area is 172 Å². The maximum Gasteiger partial charge on any atom is 0.414 e. The molecule has 1 aromatic heterocycles. The van der Waals surface area contributed by atoms with Crippen molar-refractivity contribution in [2.24, 2.45) is 5.10 Å². The van der Waals surface area contributed by atoms with Crippen molar-refractivity contribution in [3.63, 3.8) is 0 Å². The molecule has 30 heavy (non-hydrogen) atoms. The molecule has 0 bridgehead atoms. The third kappa shape index (κ3) is 4.39. The summed E-state index contributed by atoms with van der Waals surface area (Å²) in [6.45, 7) is 3.16. The topological polar surface area (TPSA) is 105 Å². The number of hydrogen-bond donors (Lipinski definition) is 1. The van der Waals surface area contributed by atoms with Crippen LogP contribution in [-0.2, 0) is 9.53 Å². The van der Waals surface area contributed by atoms with Gasteiger partial charge in [-0.2, -0.15) is 5.10 Å². The van der Waals surface area contributed by atoms with E-state index in [1.54, 1.807) is 16.8 Å². The van der Waals surface area contributed by atoms with Gasteiger partial charge in [-0.25, -0.2) is 13.9 Å². The van der Waals surface area contributed by atoms with Crippen LogP contribution in [-0.4, -0.2) is 64.9 Å². The summed E-state index contributed by atoms with van der Waals surface area (Å²) in [5.41, 5.74) is 1.93. The zero-order valence-corrected chi connectivity index (χ0v) is 16.5. The lowest BCUT2D eigenvalue weighted by Crippen LogP contribution is -2.35. The molecule has 1 atom stereocenters. The number of amides is 2. The van der Waals surface area contributed by atoms with E-state index in [0.717, 1.165) is 5.71 Å². The van der Waals surface area contributed by atoms with E-state index in [9.17, 15) is 14.0 Å². The number of hydrogen-bond acceptors (Lipinski definition) is 7. The van der Waals surface area contributed by atoms with E-state index < -0.39 is 18.0 Å². The third-order valence-electron chi connectivity index (χ3n) is 5.04. The Hall–Kier alpha value is -3.50. The van der Waals surface area contributed by atoms with Gasteiger partial charge in [0.2, 0.25) is 5.91 Å². The number of carbonyl (C=O) groups is 2.